The minimum absolute atomic E-state index is 0.679. The maximum absolute atomic E-state index is 2.47. The van der Waals surface area contributed by atoms with E-state index in [1.54, 1.807) is 0 Å². The molecule has 0 aromatic rings. The fourth-order valence-corrected chi connectivity index (χ4v) is 2.00. The van der Waals surface area contributed by atoms with Crippen molar-refractivity contribution in [1.82, 2.24) is 9.80 Å². The van der Waals surface area contributed by atoms with Crippen LogP contribution < -0.4 is 0 Å². The van der Waals surface area contributed by atoms with E-state index >= 15 is 0 Å². The van der Waals surface area contributed by atoms with Crippen LogP contribution in [0, 0.1) is 5.92 Å². The Hall–Kier alpha value is -0.0800. The summed E-state index contributed by atoms with van der Waals surface area (Å²) in [6.45, 7) is 9.42. The summed E-state index contributed by atoms with van der Waals surface area (Å²) in [4.78, 5) is 4.93. The molecule has 2 unspecified atom stereocenters. The van der Waals surface area contributed by atoms with E-state index in [-0.39, 0.29) is 0 Å². The molecule has 1 saturated heterocycles. The fourth-order valence-electron chi connectivity index (χ4n) is 2.00. The summed E-state index contributed by atoms with van der Waals surface area (Å²) >= 11 is 0. The monoisotopic (exact) mass is 184 g/mol. The van der Waals surface area contributed by atoms with Crippen LogP contribution >= 0.6 is 0 Å². The summed E-state index contributed by atoms with van der Waals surface area (Å²) in [7, 11) is 4.47. The van der Waals surface area contributed by atoms with E-state index in [2.05, 4.69) is 44.7 Å². The van der Waals surface area contributed by atoms with Gasteiger partial charge in [0.05, 0.1) is 0 Å². The maximum Gasteiger partial charge on any atom is 0.0105 e. The third-order valence-corrected chi connectivity index (χ3v) is 3.63. The quantitative estimate of drug-likeness (QED) is 0.658. The van der Waals surface area contributed by atoms with Crippen molar-refractivity contribution in [3.63, 3.8) is 0 Å². The summed E-state index contributed by atoms with van der Waals surface area (Å²) in [6.07, 6.45) is 1.37. The van der Waals surface area contributed by atoms with E-state index in [1.807, 2.05) is 0 Å². The van der Waals surface area contributed by atoms with Crippen molar-refractivity contribution >= 4 is 0 Å². The zero-order valence-electron chi connectivity index (χ0n) is 9.75. The topological polar surface area (TPSA) is 6.48 Å². The van der Waals surface area contributed by atoms with Gasteiger partial charge in [0.1, 0.15) is 0 Å². The average Bonchev–Trinajstić information content (AvgIpc) is 2.36. The van der Waals surface area contributed by atoms with Gasteiger partial charge in [-0.25, -0.2) is 0 Å². The summed E-state index contributed by atoms with van der Waals surface area (Å²) in [5.41, 5.74) is 0. The summed E-state index contributed by atoms with van der Waals surface area (Å²) in [6, 6.07) is 1.44. The second kappa shape index (κ2) is 4.43. The highest BCUT2D eigenvalue weighted by Gasteiger charge is 2.28. The van der Waals surface area contributed by atoms with Crippen LogP contribution in [0.15, 0.2) is 0 Å². The second-order valence-electron chi connectivity index (χ2n) is 4.80. The van der Waals surface area contributed by atoms with E-state index < -0.39 is 0 Å². The zero-order valence-corrected chi connectivity index (χ0v) is 9.75. The number of hydrogen-bond acceptors (Lipinski definition) is 2. The molecule has 0 aromatic heterocycles. The van der Waals surface area contributed by atoms with Crippen LogP contribution in [0.1, 0.15) is 27.2 Å². The molecule has 0 aromatic carbocycles. The van der Waals surface area contributed by atoms with Crippen molar-refractivity contribution in [2.24, 2.45) is 5.92 Å². The maximum atomic E-state index is 2.47. The first-order valence-electron chi connectivity index (χ1n) is 5.43. The van der Waals surface area contributed by atoms with Gasteiger partial charge < -0.3 is 9.80 Å². The van der Waals surface area contributed by atoms with E-state index in [0.29, 0.717) is 6.04 Å². The third-order valence-electron chi connectivity index (χ3n) is 3.63. The predicted octanol–water partition coefficient (Wildman–Crippen LogP) is 1.67. The molecule has 0 N–H and O–H groups in total. The van der Waals surface area contributed by atoms with Gasteiger partial charge in [-0.2, -0.15) is 0 Å². The first-order valence-corrected chi connectivity index (χ1v) is 5.43. The minimum atomic E-state index is 0.679. The van der Waals surface area contributed by atoms with E-state index in [9.17, 15) is 0 Å². The van der Waals surface area contributed by atoms with Crippen molar-refractivity contribution < 1.29 is 0 Å². The van der Waals surface area contributed by atoms with E-state index in [4.69, 9.17) is 0 Å². The van der Waals surface area contributed by atoms with Crippen LogP contribution in [0.3, 0.4) is 0 Å². The normalized spacial score (nSPS) is 30.7. The highest BCUT2D eigenvalue weighted by Crippen LogP contribution is 2.23. The predicted molar refractivity (Wildman–Crippen MR) is 58.0 cm³/mol. The first-order chi connectivity index (χ1) is 6.02. The summed E-state index contributed by atoms with van der Waals surface area (Å²) < 4.78 is 0. The Bertz CT molecular complexity index is 156. The van der Waals surface area contributed by atoms with Crippen molar-refractivity contribution in [2.75, 3.05) is 27.2 Å². The third kappa shape index (κ3) is 2.68. The Morgan fingerprint density at radius 1 is 1.46 bits per heavy atom. The van der Waals surface area contributed by atoms with Gasteiger partial charge in [0.2, 0.25) is 0 Å². The number of rotatable bonds is 3. The highest BCUT2D eigenvalue weighted by atomic mass is 15.2. The molecule has 78 valence electrons. The van der Waals surface area contributed by atoms with Crippen molar-refractivity contribution in [3.8, 4) is 0 Å². The summed E-state index contributed by atoms with van der Waals surface area (Å²) in [5, 5.41) is 0. The van der Waals surface area contributed by atoms with Gasteiger partial charge in [0.25, 0.3) is 0 Å². The lowest BCUT2D eigenvalue weighted by atomic mass is 10.0. The number of hydrogen-bond donors (Lipinski definition) is 0. The zero-order chi connectivity index (χ0) is 10.0. The van der Waals surface area contributed by atoms with Gasteiger partial charge in [0.15, 0.2) is 0 Å². The largest absolute Gasteiger partial charge is 0.304 e. The Labute approximate surface area is 82.9 Å². The van der Waals surface area contributed by atoms with Gasteiger partial charge in [-0.1, -0.05) is 0 Å². The molecular weight excluding hydrogens is 160 g/mol. The molecule has 0 amide bonds. The van der Waals surface area contributed by atoms with Crippen LogP contribution in [0.5, 0.6) is 0 Å². The highest BCUT2D eigenvalue weighted by molar-refractivity contribution is 4.83. The Morgan fingerprint density at radius 2 is 2.08 bits per heavy atom. The van der Waals surface area contributed by atoms with Crippen LogP contribution in [-0.2, 0) is 0 Å². The molecule has 1 heterocycles. The molecule has 0 saturated carbocycles. The Morgan fingerprint density at radius 3 is 2.46 bits per heavy atom. The molecule has 0 spiro atoms. The fraction of sp³-hybridized carbons (Fsp3) is 1.00. The molecule has 13 heavy (non-hydrogen) atoms. The van der Waals surface area contributed by atoms with Gasteiger partial charge in [-0.05, 0) is 53.8 Å². The lowest BCUT2D eigenvalue weighted by Gasteiger charge is -2.28. The Kier molecular flexibility index (Phi) is 3.74. The van der Waals surface area contributed by atoms with Crippen LogP contribution in [-0.4, -0.2) is 49.1 Å². The van der Waals surface area contributed by atoms with Gasteiger partial charge in [-0.3, -0.25) is 0 Å². The van der Waals surface area contributed by atoms with E-state index in [0.717, 1.165) is 12.0 Å². The molecule has 1 aliphatic heterocycles. The smallest absolute Gasteiger partial charge is 0.0105 e. The second-order valence-corrected chi connectivity index (χ2v) is 4.80. The molecular formula is C11H24N2. The molecule has 0 radical (unpaired) electrons. The van der Waals surface area contributed by atoms with Crippen molar-refractivity contribution in [1.29, 1.82) is 0 Å². The van der Waals surface area contributed by atoms with Crippen LogP contribution in [0.25, 0.3) is 0 Å². The SMILES string of the molecule is CC(C)N(C)CC1CCN(C)C1C. The van der Waals surface area contributed by atoms with Crippen molar-refractivity contribution in [3.05, 3.63) is 0 Å². The number of likely N-dealkylation sites (tertiary alicyclic amines) is 1. The minimum Gasteiger partial charge on any atom is -0.304 e. The summed E-state index contributed by atoms with van der Waals surface area (Å²) in [5.74, 6) is 0.873. The Balaban J connectivity index is 2.37. The molecule has 1 fully saturated rings. The lowest BCUT2D eigenvalue weighted by Crippen LogP contribution is -2.36. The van der Waals surface area contributed by atoms with Gasteiger partial charge >= 0.3 is 0 Å². The van der Waals surface area contributed by atoms with E-state index in [1.165, 1.54) is 19.5 Å². The molecule has 1 aliphatic rings. The molecule has 0 bridgehead atoms. The van der Waals surface area contributed by atoms with Gasteiger partial charge in [-0.15, -0.1) is 0 Å². The van der Waals surface area contributed by atoms with Crippen molar-refractivity contribution in [2.45, 2.75) is 39.3 Å². The molecule has 2 nitrogen and oxygen atoms in total. The molecule has 1 rings (SSSR count). The lowest BCUT2D eigenvalue weighted by molar-refractivity contribution is 0.200. The standard InChI is InChI=1S/C11H24N2/c1-9(2)13(5)8-11-6-7-12(4)10(11)3/h9-11H,6-8H2,1-5H3. The molecule has 2 heteroatoms. The number of nitrogens with zero attached hydrogens (tertiary/aromatic N) is 2. The average molecular weight is 184 g/mol. The van der Waals surface area contributed by atoms with Gasteiger partial charge in [0, 0.05) is 18.6 Å². The van der Waals surface area contributed by atoms with Crippen LogP contribution in [0.4, 0.5) is 0 Å². The van der Waals surface area contributed by atoms with Crippen LogP contribution in [0.2, 0.25) is 0 Å². The first kappa shape index (κ1) is 11.0. The molecule has 2 atom stereocenters. The molecule has 0 aliphatic carbocycles.